The van der Waals surface area contributed by atoms with E-state index in [1.165, 1.54) is 12.3 Å². The lowest BCUT2D eigenvalue weighted by Gasteiger charge is -2.33. The zero-order valence-corrected chi connectivity index (χ0v) is 22.3. The Bertz CT molecular complexity index is 1860. The zero-order valence-electron chi connectivity index (χ0n) is 21.6. The van der Waals surface area contributed by atoms with Crippen molar-refractivity contribution in [1.82, 2.24) is 34.7 Å². The first-order valence-electron chi connectivity index (χ1n) is 13.0. The number of hydrogen-bond donors (Lipinski definition) is 1. The first-order chi connectivity index (χ1) is 19.5. The fraction of sp³-hybridized carbons (Fsp3) is 0.207. The molecule has 0 atom stereocenters. The minimum absolute atomic E-state index is 0.236. The highest BCUT2D eigenvalue weighted by molar-refractivity contribution is 6.36. The second kappa shape index (κ2) is 9.87. The first-order valence-corrected chi connectivity index (χ1v) is 13.4. The number of aromatic amines is 1. The van der Waals surface area contributed by atoms with Crippen molar-refractivity contribution in [2.45, 2.75) is 25.8 Å². The highest BCUT2D eigenvalue weighted by Crippen LogP contribution is 2.36. The number of ether oxygens (including phenoxy) is 1. The second-order valence-electron chi connectivity index (χ2n) is 9.89. The van der Waals surface area contributed by atoms with Crippen LogP contribution in [0.25, 0.3) is 33.3 Å². The summed E-state index contributed by atoms with van der Waals surface area (Å²) in [6.07, 6.45) is 10.2. The second-order valence-corrected chi connectivity index (χ2v) is 10.3. The van der Waals surface area contributed by atoms with Crippen LogP contribution >= 0.6 is 11.6 Å². The number of fused-ring (bicyclic) bond motifs is 2. The normalized spacial score (nSPS) is 14.3. The van der Waals surface area contributed by atoms with Gasteiger partial charge in [0.15, 0.2) is 0 Å². The molecule has 0 spiro atoms. The quantitative estimate of drug-likeness (QED) is 0.260. The molecule has 9 nitrogen and oxygen atoms in total. The van der Waals surface area contributed by atoms with Crippen molar-refractivity contribution in [3.05, 3.63) is 84.0 Å². The van der Waals surface area contributed by atoms with Crippen LogP contribution in [0.4, 0.5) is 10.1 Å². The number of anilines is 1. The van der Waals surface area contributed by atoms with Gasteiger partial charge in [-0.3, -0.25) is 14.6 Å². The maximum atomic E-state index is 13.6. The molecule has 0 aliphatic carbocycles. The van der Waals surface area contributed by atoms with Gasteiger partial charge in [0.1, 0.15) is 33.7 Å². The standard InChI is InChI=1S/C29H24ClFN8O/c1-17-35-23-3-2-22(11-25(23)36-17)40-27-5-4-24-29(28(27)30)37-26(15-33-24)18-12-34-39(16-18)20-6-8-38(9-7-20)21-10-19(31)13-32-14-21/h2-5,10-16,20H,6-9H2,1H3,(H,35,36). The lowest BCUT2D eigenvalue weighted by Crippen LogP contribution is -2.34. The Morgan fingerprint density at radius 2 is 1.85 bits per heavy atom. The molecule has 2 aromatic carbocycles. The Labute approximate surface area is 233 Å². The maximum Gasteiger partial charge on any atom is 0.148 e. The van der Waals surface area contributed by atoms with E-state index in [2.05, 4.69) is 29.9 Å². The van der Waals surface area contributed by atoms with Crippen molar-refractivity contribution < 1.29 is 9.13 Å². The molecule has 6 aromatic rings. The number of hydrogen-bond acceptors (Lipinski definition) is 7. The average Bonchev–Trinajstić information content (AvgIpc) is 3.61. The molecule has 200 valence electrons. The van der Waals surface area contributed by atoms with Crippen molar-refractivity contribution >= 4 is 39.4 Å². The molecular weight excluding hydrogens is 531 g/mol. The monoisotopic (exact) mass is 554 g/mol. The molecule has 5 heterocycles. The fourth-order valence-corrected chi connectivity index (χ4v) is 5.42. The summed E-state index contributed by atoms with van der Waals surface area (Å²) in [7, 11) is 0. The Morgan fingerprint density at radius 1 is 1.00 bits per heavy atom. The lowest BCUT2D eigenvalue weighted by molar-refractivity contribution is 0.367. The maximum absolute atomic E-state index is 13.6. The summed E-state index contributed by atoms with van der Waals surface area (Å²) in [5, 5.41) is 5.01. The van der Waals surface area contributed by atoms with Gasteiger partial charge in [-0.1, -0.05) is 11.6 Å². The number of benzene rings is 2. The van der Waals surface area contributed by atoms with Gasteiger partial charge in [-0.25, -0.2) is 14.4 Å². The Hall–Kier alpha value is -4.57. The summed E-state index contributed by atoms with van der Waals surface area (Å²) < 4.78 is 21.7. The summed E-state index contributed by atoms with van der Waals surface area (Å²) in [6.45, 7) is 3.51. The third-order valence-corrected chi connectivity index (χ3v) is 7.57. The molecule has 7 rings (SSSR count). The van der Waals surface area contributed by atoms with Gasteiger partial charge in [-0.15, -0.1) is 0 Å². The molecule has 4 aromatic heterocycles. The molecule has 0 amide bonds. The Balaban J connectivity index is 1.10. The van der Waals surface area contributed by atoms with Crippen LogP contribution in [0, 0.1) is 12.7 Å². The first kappa shape index (κ1) is 24.5. The van der Waals surface area contributed by atoms with Crippen molar-refractivity contribution in [2.75, 3.05) is 18.0 Å². The van der Waals surface area contributed by atoms with Crippen LogP contribution in [-0.4, -0.2) is 47.8 Å². The van der Waals surface area contributed by atoms with E-state index >= 15 is 0 Å². The number of nitrogens with zero attached hydrogens (tertiary/aromatic N) is 7. The van der Waals surface area contributed by atoms with Gasteiger partial charge in [0.05, 0.1) is 58.8 Å². The number of imidazole rings is 1. The summed E-state index contributed by atoms with van der Waals surface area (Å²) in [5.74, 6) is 1.65. The Kier molecular flexibility index (Phi) is 6.04. The number of aryl methyl sites for hydroxylation is 1. The van der Waals surface area contributed by atoms with E-state index in [0.29, 0.717) is 33.2 Å². The number of rotatable bonds is 5. The number of piperidine rings is 1. The summed E-state index contributed by atoms with van der Waals surface area (Å²) in [6, 6.07) is 11.1. The van der Waals surface area contributed by atoms with Gasteiger partial charge >= 0.3 is 0 Å². The van der Waals surface area contributed by atoms with E-state index in [1.54, 1.807) is 24.7 Å². The highest BCUT2D eigenvalue weighted by Gasteiger charge is 2.22. The largest absolute Gasteiger partial charge is 0.456 e. The minimum atomic E-state index is -0.322. The predicted octanol–water partition coefficient (Wildman–Crippen LogP) is 6.50. The van der Waals surface area contributed by atoms with Gasteiger partial charge in [0, 0.05) is 37.0 Å². The van der Waals surface area contributed by atoms with Crippen molar-refractivity contribution in [3.8, 4) is 22.8 Å². The van der Waals surface area contributed by atoms with E-state index in [1.807, 2.05) is 42.1 Å². The minimum Gasteiger partial charge on any atom is -0.456 e. The smallest absolute Gasteiger partial charge is 0.148 e. The van der Waals surface area contributed by atoms with Crippen LogP contribution in [0.1, 0.15) is 24.7 Å². The van der Waals surface area contributed by atoms with Crippen LogP contribution in [0.2, 0.25) is 5.02 Å². The van der Waals surface area contributed by atoms with E-state index in [0.717, 1.165) is 54.0 Å². The predicted molar refractivity (Wildman–Crippen MR) is 151 cm³/mol. The molecule has 0 bridgehead atoms. The number of aromatic nitrogens is 7. The van der Waals surface area contributed by atoms with Crippen LogP contribution in [0.3, 0.4) is 0 Å². The van der Waals surface area contributed by atoms with Gasteiger partial charge < -0.3 is 14.6 Å². The zero-order chi connectivity index (χ0) is 27.2. The summed E-state index contributed by atoms with van der Waals surface area (Å²) in [5.41, 5.74) is 5.34. The number of halogens is 2. The number of nitrogens with one attached hydrogen (secondary N) is 1. The lowest BCUT2D eigenvalue weighted by atomic mass is 10.0. The molecule has 1 N–H and O–H groups in total. The van der Waals surface area contributed by atoms with E-state index in [9.17, 15) is 4.39 Å². The Morgan fingerprint density at radius 3 is 2.70 bits per heavy atom. The van der Waals surface area contributed by atoms with E-state index in [4.69, 9.17) is 21.3 Å². The van der Waals surface area contributed by atoms with Crippen molar-refractivity contribution in [3.63, 3.8) is 0 Å². The average molecular weight is 555 g/mol. The fourth-order valence-electron chi connectivity index (χ4n) is 5.18. The molecule has 1 aliphatic rings. The molecule has 0 unspecified atom stereocenters. The third kappa shape index (κ3) is 4.60. The van der Waals surface area contributed by atoms with Gasteiger partial charge in [0.25, 0.3) is 0 Å². The van der Waals surface area contributed by atoms with Crippen LogP contribution in [-0.2, 0) is 0 Å². The van der Waals surface area contributed by atoms with Gasteiger partial charge in [-0.05, 0) is 44.0 Å². The molecule has 40 heavy (non-hydrogen) atoms. The van der Waals surface area contributed by atoms with Crippen LogP contribution in [0.5, 0.6) is 11.5 Å². The summed E-state index contributed by atoms with van der Waals surface area (Å²) >= 11 is 6.77. The van der Waals surface area contributed by atoms with Crippen molar-refractivity contribution in [1.29, 1.82) is 0 Å². The molecular formula is C29H24ClFN8O. The molecule has 1 fully saturated rings. The van der Waals surface area contributed by atoms with Crippen molar-refractivity contribution in [2.24, 2.45) is 0 Å². The number of pyridine rings is 1. The number of H-pyrrole nitrogens is 1. The molecule has 11 heteroatoms. The molecule has 0 saturated carbocycles. The molecule has 1 aliphatic heterocycles. The molecule has 0 radical (unpaired) electrons. The molecule has 1 saturated heterocycles. The highest BCUT2D eigenvalue weighted by atomic mass is 35.5. The van der Waals surface area contributed by atoms with Crippen LogP contribution in [0.15, 0.2) is 67.4 Å². The van der Waals surface area contributed by atoms with Crippen LogP contribution < -0.4 is 9.64 Å². The van der Waals surface area contributed by atoms with Gasteiger partial charge in [-0.2, -0.15) is 5.10 Å². The SMILES string of the molecule is Cc1nc2ccc(Oc3ccc4ncc(-c5cnn(C6CCN(c7cncc(F)c7)CC6)c5)nc4c3Cl)cc2[nH]1. The summed E-state index contributed by atoms with van der Waals surface area (Å²) in [4.78, 5) is 23.2. The van der Waals surface area contributed by atoms with Gasteiger partial charge in [0.2, 0.25) is 0 Å². The topological polar surface area (TPSA) is 97.6 Å². The van der Waals surface area contributed by atoms with E-state index < -0.39 is 0 Å². The third-order valence-electron chi connectivity index (χ3n) is 7.21. The van der Waals surface area contributed by atoms with E-state index in [-0.39, 0.29) is 11.9 Å².